The normalized spacial score (nSPS) is 21.8. The van der Waals surface area contributed by atoms with Crippen LogP contribution in [0.4, 0.5) is 5.69 Å². The Morgan fingerprint density at radius 3 is 2.84 bits per heavy atom. The van der Waals surface area contributed by atoms with Gasteiger partial charge in [0.25, 0.3) is 0 Å². The highest BCUT2D eigenvalue weighted by Crippen LogP contribution is 2.31. The smallest absolute Gasteiger partial charge is 0.169 e. The highest BCUT2D eigenvalue weighted by Gasteiger charge is 2.30. The van der Waals surface area contributed by atoms with E-state index in [4.69, 9.17) is 10.2 Å². The second-order valence-electron chi connectivity index (χ2n) is 4.57. The van der Waals surface area contributed by atoms with Gasteiger partial charge in [-0.2, -0.15) is 5.10 Å². The van der Waals surface area contributed by atoms with Gasteiger partial charge in [-0.05, 0) is 34.5 Å². The van der Waals surface area contributed by atoms with Crippen molar-refractivity contribution < 1.29 is 12.8 Å². The quantitative estimate of drug-likeness (QED) is 0.896. The molecule has 0 radical (unpaired) electrons. The molecular formula is C11H12BrN3O3S. The molecule has 102 valence electrons. The molecule has 1 unspecified atom stereocenters. The first kappa shape index (κ1) is 12.7. The lowest BCUT2D eigenvalue weighted by Gasteiger charge is -2.06. The number of sulfone groups is 1. The Morgan fingerprint density at radius 2 is 2.26 bits per heavy atom. The van der Waals surface area contributed by atoms with Gasteiger partial charge in [0.1, 0.15) is 0 Å². The van der Waals surface area contributed by atoms with Gasteiger partial charge in [0, 0.05) is 6.20 Å². The predicted octanol–water partition coefficient (Wildman–Crippen LogP) is 1.85. The summed E-state index contributed by atoms with van der Waals surface area (Å²) >= 11 is 3.22. The van der Waals surface area contributed by atoms with Gasteiger partial charge < -0.3 is 10.2 Å². The van der Waals surface area contributed by atoms with E-state index in [9.17, 15) is 8.42 Å². The van der Waals surface area contributed by atoms with Crippen LogP contribution in [0.1, 0.15) is 12.5 Å². The fourth-order valence-corrected chi connectivity index (χ4v) is 4.22. The molecule has 0 spiro atoms. The van der Waals surface area contributed by atoms with Crippen molar-refractivity contribution >= 4 is 31.5 Å². The van der Waals surface area contributed by atoms with Crippen molar-refractivity contribution in [3.63, 3.8) is 0 Å². The van der Waals surface area contributed by atoms with Crippen molar-refractivity contribution in [3.8, 4) is 11.5 Å². The maximum atomic E-state index is 11.5. The van der Waals surface area contributed by atoms with Crippen molar-refractivity contribution in [2.24, 2.45) is 0 Å². The Labute approximate surface area is 118 Å². The molecule has 0 bridgehead atoms. The molecule has 0 aromatic carbocycles. The number of rotatable bonds is 2. The number of aromatic nitrogens is 2. The molecule has 8 heteroatoms. The molecule has 1 atom stereocenters. The molecule has 3 rings (SSSR count). The van der Waals surface area contributed by atoms with Crippen molar-refractivity contribution in [2.45, 2.75) is 12.5 Å². The fraction of sp³-hybridized carbons (Fsp3) is 0.364. The minimum absolute atomic E-state index is 0.120. The minimum atomic E-state index is -2.94. The predicted molar refractivity (Wildman–Crippen MR) is 74.3 cm³/mol. The van der Waals surface area contributed by atoms with E-state index in [2.05, 4.69) is 21.0 Å². The third-order valence-corrected chi connectivity index (χ3v) is 5.33. The molecule has 0 aliphatic carbocycles. The van der Waals surface area contributed by atoms with Crippen molar-refractivity contribution in [2.75, 3.05) is 17.2 Å². The Morgan fingerprint density at radius 1 is 1.47 bits per heavy atom. The lowest BCUT2D eigenvalue weighted by Crippen LogP contribution is -2.11. The van der Waals surface area contributed by atoms with Gasteiger partial charge in [0.05, 0.1) is 23.2 Å². The molecule has 0 saturated carbocycles. The summed E-state index contributed by atoms with van der Waals surface area (Å²) in [4.78, 5) is 0. The number of nitrogens with zero attached hydrogens (tertiary/aromatic N) is 2. The maximum absolute atomic E-state index is 11.5. The van der Waals surface area contributed by atoms with Crippen molar-refractivity contribution in [3.05, 3.63) is 23.0 Å². The number of furan rings is 1. The van der Waals surface area contributed by atoms with E-state index in [0.717, 1.165) is 0 Å². The highest BCUT2D eigenvalue weighted by atomic mass is 79.9. The molecule has 1 fully saturated rings. The largest absolute Gasteiger partial charge is 0.448 e. The molecule has 1 aliphatic rings. The van der Waals surface area contributed by atoms with Gasteiger partial charge in [0.15, 0.2) is 26.0 Å². The molecule has 1 saturated heterocycles. The Kier molecular flexibility index (Phi) is 2.94. The number of hydrogen-bond acceptors (Lipinski definition) is 5. The molecule has 2 N–H and O–H groups in total. The van der Waals surface area contributed by atoms with E-state index in [-0.39, 0.29) is 17.5 Å². The van der Waals surface area contributed by atoms with Crippen LogP contribution in [0.2, 0.25) is 0 Å². The highest BCUT2D eigenvalue weighted by molar-refractivity contribution is 9.10. The lowest BCUT2D eigenvalue weighted by atomic mass is 10.3. The average molecular weight is 346 g/mol. The molecule has 2 aromatic rings. The van der Waals surface area contributed by atoms with E-state index < -0.39 is 9.84 Å². The van der Waals surface area contributed by atoms with E-state index >= 15 is 0 Å². The Hall–Kier alpha value is -1.28. The van der Waals surface area contributed by atoms with E-state index in [1.165, 1.54) is 0 Å². The summed E-state index contributed by atoms with van der Waals surface area (Å²) in [5.74, 6) is 0.887. The summed E-state index contributed by atoms with van der Waals surface area (Å²) in [6, 6.07) is 3.38. The second-order valence-corrected chi connectivity index (χ2v) is 7.58. The number of hydrogen-bond donors (Lipinski definition) is 1. The summed E-state index contributed by atoms with van der Waals surface area (Å²) in [7, 11) is -2.94. The third-order valence-electron chi connectivity index (χ3n) is 3.15. The summed E-state index contributed by atoms with van der Waals surface area (Å²) in [5.41, 5.74) is 6.92. The van der Waals surface area contributed by atoms with Gasteiger partial charge in [-0.3, -0.25) is 4.68 Å². The number of anilines is 1. The second kappa shape index (κ2) is 4.38. The van der Waals surface area contributed by atoms with Crippen LogP contribution in [0.25, 0.3) is 11.5 Å². The van der Waals surface area contributed by atoms with Crippen molar-refractivity contribution in [1.82, 2.24) is 9.78 Å². The topological polar surface area (TPSA) is 91.1 Å². The van der Waals surface area contributed by atoms with Crippen LogP contribution in [-0.2, 0) is 9.84 Å². The lowest BCUT2D eigenvalue weighted by molar-refractivity contribution is 0.496. The fourth-order valence-electron chi connectivity index (χ4n) is 2.21. The average Bonchev–Trinajstić information content (AvgIpc) is 2.98. The zero-order valence-electron chi connectivity index (χ0n) is 9.91. The number of nitrogens with two attached hydrogens (primary N) is 1. The molecule has 0 amide bonds. The maximum Gasteiger partial charge on any atom is 0.169 e. The van der Waals surface area contributed by atoms with Crippen LogP contribution in [0.3, 0.4) is 0 Å². The first-order chi connectivity index (χ1) is 8.94. The molecule has 1 aliphatic heterocycles. The molecule has 2 aromatic heterocycles. The monoisotopic (exact) mass is 345 g/mol. The summed E-state index contributed by atoms with van der Waals surface area (Å²) in [6.45, 7) is 0. The molecule has 3 heterocycles. The molecule has 6 nitrogen and oxygen atoms in total. The number of halogens is 1. The minimum Gasteiger partial charge on any atom is -0.448 e. The van der Waals surface area contributed by atoms with Gasteiger partial charge in [-0.15, -0.1) is 0 Å². The van der Waals surface area contributed by atoms with Gasteiger partial charge in [-0.25, -0.2) is 8.42 Å². The van der Waals surface area contributed by atoms with E-state index in [0.29, 0.717) is 28.2 Å². The summed E-state index contributed by atoms with van der Waals surface area (Å²) in [5, 5.41) is 4.35. The van der Waals surface area contributed by atoms with Crippen LogP contribution < -0.4 is 5.73 Å². The van der Waals surface area contributed by atoms with E-state index in [1.54, 1.807) is 23.0 Å². The van der Waals surface area contributed by atoms with Gasteiger partial charge in [-0.1, -0.05) is 0 Å². The number of nitrogen functional groups attached to an aromatic ring is 1. The zero-order valence-corrected chi connectivity index (χ0v) is 12.3. The van der Waals surface area contributed by atoms with Gasteiger partial charge in [0.2, 0.25) is 0 Å². The van der Waals surface area contributed by atoms with Crippen LogP contribution >= 0.6 is 15.9 Å². The summed E-state index contributed by atoms with van der Waals surface area (Å²) in [6.07, 6.45) is 2.24. The van der Waals surface area contributed by atoms with Crippen LogP contribution in [-0.4, -0.2) is 29.7 Å². The molecular weight excluding hydrogens is 334 g/mol. The van der Waals surface area contributed by atoms with Crippen LogP contribution in [0, 0.1) is 0 Å². The molecule has 19 heavy (non-hydrogen) atoms. The van der Waals surface area contributed by atoms with E-state index in [1.807, 2.05) is 0 Å². The zero-order chi connectivity index (χ0) is 13.6. The van der Waals surface area contributed by atoms with Gasteiger partial charge >= 0.3 is 0 Å². The first-order valence-electron chi connectivity index (χ1n) is 5.75. The SMILES string of the molecule is Nc1cn(C2CCS(=O)(=O)C2)nc1-c1ccc(Br)o1. The van der Waals surface area contributed by atoms with Crippen LogP contribution in [0.5, 0.6) is 0 Å². The third kappa shape index (κ3) is 2.42. The van der Waals surface area contributed by atoms with Crippen LogP contribution in [0.15, 0.2) is 27.4 Å². The Balaban J connectivity index is 1.94. The van der Waals surface area contributed by atoms with Crippen molar-refractivity contribution in [1.29, 1.82) is 0 Å². The first-order valence-corrected chi connectivity index (χ1v) is 8.37. The summed E-state index contributed by atoms with van der Waals surface area (Å²) < 4.78 is 30.6. The Bertz CT molecular complexity index is 719. The standard InChI is InChI=1S/C11H12BrN3O3S/c12-10-2-1-9(18-10)11-8(13)5-15(14-11)7-3-4-19(16,17)6-7/h1-2,5,7H,3-4,6,13H2.